The van der Waals surface area contributed by atoms with Crippen molar-refractivity contribution in [2.45, 2.75) is 61.9 Å². The molecule has 1 saturated carbocycles. The predicted molar refractivity (Wildman–Crippen MR) is 129 cm³/mol. The van der Waals surface area contributed by atoms with Crippen LogP contribution in [0.2, 0.25) is 0 Å². The van der Waals surface area contributed by atoms with Gasteiger partial charge in [0.2, 0.25) is 20.0 Å². The summed E-state index contributed by atoms with van der Waals surface area (Å²) in [5, 5.41) is 0. The molecular weight excluding hydrogens is 460 g/mol. The Labute approximate surface area is 198 Å². The largest absolute Gasteiger partial charge is 0.494 e. The van der Waals surface area contributed by atoms with Crippen molar-refractivity contribution < 1.29 is 21.6 Å². The first kappa shape index (κ1) is 25.7. The van der Waals surface area contributed by atoms with Gasteiger partial charge in [-0.25, -0.2) is 21.1 Å². The van der Waals surface area contributed by atoms with Crippen LogP contribution in [-0.4, -0.2) is 52.2 Å². The third-order valence-electron chi connectivity index (χ3n) is 6.22. The molecule has 0 bridgehead atoms. The second-order valence-corrected chi connectivity index (χ2v) is 12.8. The average molecular weight is 495 g/mol. The smallest absolute Gasteiger partial charge is 0.243 e. The molecule has 3 rings (SSSR count). The molecule has 2 aromatic carbocycles. The molecule has 0 saturated heterocycles. The van der Waals surface area contributed by atoms with E-state index >= 15 is 0 Å². The lowest BCUT2D eigenvalue weighted by molar-refractivity contribution is 0.185. The highest BCUT2D eigenvalue weighted by atomic mass is 32.2. The van der Waals surface area contributed by atoms with Crippen molar-refractivity contribution in [1.29, 1.82) is 0 Å². The molecule has 182 valence electrons. The van der Waals surface area contributed by atoms with Gasteiger partial charge in [0.1, 0.15) is 5.75 Å². The summed E-state index contributed by atoms with van der Waals surface area (Å²) in [5.74, 6) is 0.990. The van der Waals surface area contributed by atoms with Gasteiger partial charge in [-0.05, 0) is 67.6 Å². The van der Waals surface area contributed by atoms with Crippen LogP contribution in [0.15, 0.2) is 58.3 Å². The van der Waals surface area contributed by atoms with E-state index in [0.29, 0.717) is 6.61 Å². The minimum absolute atomic E-state index is 0.0653. The molecule has 2 atom stereocenters. The highest BCUT2D eigenvalue weighted by Gasteiger charge is 2.36. The summed E-state index contributed by atoms with van der Waals surface area (Å²) >= 11 is 0. The normalized spacial score (nSPS) is 19.7. The minimum Gasteiger partial charge on any atom is -0.494 e. The van der Waals surface area contributed by atoms with E-state index in [9.17, 15) is 16.8 Å². The van der Waals surface area contributed by atoms with Crippen LogP contribution in [0, 0.1) is 5.92 Å². The molecule has 0 aromatic heterocycles. The van der Waals surface area contributed by atoms with Crippen molar-refractivity contribution in [3.05, 3.63) is 54.1 Å². The molecule has 1 aliphatic carbocycles. The van der Waals surface area contributed by atoms with Gasteiger partial charge in [0.25, 0.3) is 0 Å². The predicted octanol–water partition coefficient (Wildman–Crippen LogP) is 4.11. The average Bonchev–Trinajstić information content (AvgIpc) is 2.79. The van der Waals surface area contributed by atoms with Gasteiger partial charge in [-0.3, -0.25) is 0 Å². The number of benzene rings is 2. The Balaban J connectivity index is 1.96. The molecule has 0 amide bonds. The maximum absolute atomic E-state index is 13.8. The number of hydrogen-bond acceptors (Lipinski definition) is 5. The zero-order valence-corrected chi connectivity index (χ0v) is 21.4. The highest BCUT2D eigenvalue weighted by molar-refractivity contribution is 7.89. The first-order valence-corrected chi connectivity index (χ1v) is 14.2. The van der Waals surface area contributed by atoms with Crippen LogP contribution in [-0.2, 0) is 26.6 Å². The van der Waals surface area contributed by atoms with Crippen molar-refractivity contribution in [3.63, 3.8) is 0 Å². The van der Waals surface area contributed by atoms with Crippen molar-refractivity contribution in [3.8, 4) is 5.75 Å². The zero-order chi connectivity index (χ0) is 24.2. The topological polar surface area (TPSA) is 84.0 Å². The quantitative estimate of drug-likeness (QED) is 0.524. The Kier molecular flexibility index (Phi) is 8.21. The Hall–Kier alpha value is -1.94. The van der Waals surface area contributed by atoms with Gasteiger partial charge in [-0.2, -0.15) is 4.31 Å². The fraction of sp³-hybridized carbons (Fsp3) is 0.500. The maximum atomic E-state index is 13.8. The Bertz CT molecular complexity index is 1130. The summed E-state index contributed by atoms with van der Waals surface area (Å²) in [6.45, 7) is 4.85. The summed E-state index contributed by atoms with van der Waals surface area (Å²) < 4.78 is 60.6. The molecule has 33 heavy (non-hydrogen) atoms. The van der Waals surface area contributed by atoms with Crippen LogP contribution in [0.5, 0.6) is 5.75 Å². The van der Waals surface area contributed by atoms with Crippen molar-refractivity contribution in [1.82, 2.24) is 8.61 Å². The van der Waals surface area contributed by atoms with Gasteiger partial charge in [0, 0.05) is 26.7 Å². The second kappa shape index (κ2) is 10.5. The number of ether oxygens (including phenoxy) is 1. The van der Waals surface area contributed by atoms with Gasteiger partial charge in [0.15, 0.2) is 0 Å². The highest BCUT2D eigenvalue weighted by Crippen LogP contribution is 2.33. The zero-order valence-electron chi connectivity index (χ0n) is 19.8. The SMILES string of the molecule is CCOc1ccc(CN([C@H]2CCCC[C@@H]2C)S(=O)(=O)c2ccc(S(=O)(=O)N(C)C)cc2)cc1. The van der Waals surface area contributed by atoms with Crippen molar-refractivity contribution >= 4 is 20.0 Å². The van der Waals surface area contributed by atoms with E-state index in [1.807, 2.05) is 31.2 Å². The van der Waals surface area contributed by atoms with E-state index in [-0.39, 0.29) is 28.3 Å². The Morgan fingerprint density at radius 2 is 1.39 bits per heavy atom. The number of hydrogen-bond donors (Lipinski definition) is 0. The van der Waals surface area contributed by atoms with Crippen molar-refractivity contribution in [2.75, 3.05) is 20.7 Å². The lowest BCUT2D eigenvalue weighted by Crippen LogP contribution is -2.44. The van der Waals surface area contributed by atoms with Crippen molar-refractivity contribution in [2.24, 2.45) is 5.92 Å². The number of sulfonamides is 2. The first-order chi connectivity index (χ1) is 15.6. The van der Waals surface area contributed by atoms with Crippen LogP contribution in [0.4, 0.5) is 0 Å². The molecule has 0 aliphatic heterocycles. The van der Waals surface area contributed by atoms with Crippen LogP contribution >= 0.6 is 0 Å². The second-order valence-electron chi connectivity index (χ2n) is 8.72. The van der Waals surface area contributed by atoms with E-state index in [1.165, 1.54) is 38.4 Å². The fourth-order valence-electron chi connectivity index (χ4n) is 4.27. The van der Waals surface area contributed by atoms with Crippen LogP contribution < -0.4 is 4.74 Å². The Morgan fingerprint density at radius 3 is 1.91 bits per heavy atom. The lowest BCUT2D eigenvalue weighted by atomic mass is 9.86. The van der Waals surface area contributed by atoms with Gasteiger partial charge in [0.05, 0.1) is 16.4 Å². The monoisotopic (exact) mass is 494 g/mol. The molecule has 0 spiro atoms. The molecule has 0 N–H and O–H groups in total. The summed E-state index contributed by atoms with van der Waals surface area (Å²) in [5.41, 5.74) is 0.881. The lowest BCUT2D eigenvalue weighted by Gasteiger charge is -2.37. The van der Waals surface area contributed by atoms with Gasteiger partial charge in [-0.1, -0.05) is 31.9 Å². The van der Waals surface area contributed by atoms with E-state index in [1.54, 1.807) is 4.31 Å². The minimum atomic E-state index is -3.84. The molecule has 1 fully saturated rings. The molecule has 0 radical (unpaired) electrons. The summed E-state index contributed by atoms with van der Waals surface area (Å²) in [6, 6.07) is 12.9. The van der Waals surface area contributed by atoms with E-state index in [0.717, 1.165) is 41.3 Å². The Morgan fingerprint density at radius 1 is 0.848 bits per heavy atom. The van der Waals surface area contributed by atoms with Crippen LogP contribution in [0.25, 0.3) is 0 Å². The summed E-state index contributed by atoms with van der Waals surface area (Å²) in [6.07, 6.45) is 3.89. The van der Waals surface area contributed by atoms with Gasteiger partial charge >= 0.3 is 0 Å². The third-order valence-corrected chi connectivity index (χ3v) is 9.93. The van der Waals surface area contributed by atoms with E-state index in [4.69, 9.17) is 4.74 Å². The van der Waals surface area contributed by atoms with E-state index in [2.05, 4.69) is 6.92 Å². The molecule has 0 unspecified atom stereocenters. The third kappa shape index (κ3) is 5.77. The first-order valence-electron chi connectivity index (χ1n) is 11.3. The summed E-state index contributed by atoms with van der Waals surface area (Å²) in [7, 11) is -4.58. The molecule has 0 heterocycles. The fourth-order valence-corrected chi connectivity index (χ4v) is 6.91. The molecule has 1 aliphatic rings. The molecule has 2 aromatic rings. The van der Waals surface area contributed by atoms with Crippen LogP contribution in [0.3, 0.4) is 0 Å². The van der Waals surface area contributed by atoms with Gasteiger partial charge in [-0.15, -0.1) is 0 Å². The maximum Gasteiger partial charge on any atom is 0.243 e. The molecular formula is C24H34N2O5S2. The molecule has 9 heteroatoms. The number of nitrogens with zero attached hydrogens (tertiary/aromatic N) is 2. The number of rotatable bonds is 9. The van der Waals surface area contributed by atoms with Gasteiger partial charge < -0.3 is 4.74 Å². The summed E-state index contributed by atoms with van der Waals surface area (Å²) in [4.78, 5) is 0.166. The van der Waals surface area contributed by atoms with E-state index < -0.39 is 20.0 Å². The standard InChI is InChI=1S/C24H34N2O5S2/c1-5-31-21-12-10-20(11-13-21)18-26(24-9-7-6-8-19(24)2)33(29,30)23-16-14-22(15-17-23)32(27,28)25(3)4/h10-17,19,24H,5-9,18H2,1-4H3/t19-,24-/m0/s1. The van der Waals surface area contributed by atoms with Crippen LogP contribution in [0.1, 0.15) is 45.1 Å². The molecule has 7 nitrogen and oxygen atoms in total.